The number of nitrogens with one attached hydrogen (secondary N) is 1. The van der Waals surface area contributed by atoms with Crippen molar-refractivity contribution in [3.8, 4) is 0 Å². The molecule has 0 aromatic heterocycles. The van der Waals surface area contributed by atoms with Crippen LogP contribution in [0.4, 0.5) is 4.79 Å². The number of hydrogen-bond donors (Lipinski definition) is 1. The van der Waals surface area contributed by atoms with Crippen LogP contribution in [0.5, 0.6) is 0 Å². The minimum absolute atomic E-state index is 0.107. The Kier molecular flexibility index (Phi) is 23.6. The highest BCUT2D eigenvalue weighted by Gasteiger charge is 2.33. The molecule has 1 fully saturated rings. The van der Waals surface area contributed by atoms with Gasteiger partial charge in [-0.25, -0.2) is 9.36 Å². The summed E-state index contributed by atoms with van der Waals surface area (Å²) < 4.78 is 38.2. The molecule has 1 rings (SSSR count). The molecule has 1 heterocycles. The number of carbonyl (C=O) groups excluding carboxylic acids is 1. The third-order valence-electron chi connectivity index (χ3n) is 6.92. The van der Waals surface area contributed by atoms with Gasteiger partial charge in [0.25, 0.3) is 0 Å². The summed E-state index contributed by atoms with van der Waals surface area (Å²) in [7, 11) is -2.05. The lowest BCUT2D eigenvalue weighted by molar-refractivity contribution is -0.00725. The van der Waals surface area contributed by atoms with Crippen LogP contribution in [0.3, 0.4) is 0 Å². The Bertz CT molecular complexity index is 583. The van der Waals surface area contributed by atoms with Crippen LogP contribution in [0.1, 0.15) is 135 Å². The molecule has 1 amide bonds. The smallest absolute Gasteiger partial charge is 0.441 e. The van der Waals surface area contributed by atoms with E-state index in [1.807, 2.05) is 0 Å². The van der Waals surface area contributed by atoms with E-state index < -0.39 is 20.0 Å². The molecule has 9 heteroatoms. The molecule has 1 N–H and O–H groups in total. The Balaban J connectivity index is 1.85. The molecule has 0 aromatic rings. The second-order valence-electron chi connectivity index (χ2n) is 10.5. The Morgan fingerprint density at radius 2 is 1.13 bits per heavy atom. The average Bonchev–Trinajstić information content (AvgIpc) is 3.36. The zero-order valence-electron chi connectivity index (χ0n) is 24.6. The van der Waals surface area contributed by atoms with Crippen molar-refractivity contribution in [3.63, 3.8) is 0 Å². The quantitative estimate of drug-likeness (QED) is 0.0789. The summed E-state index contributed by atoms with van der Waals surface area (Å²) >= 11 is 0. The van der Waals surface area contributed by atoms with Crippen molar-refractivity contribution in [2.75, 3.05) is 40.1 Å². The predicted molar refractivity (Wildman–Crippen MR) is 154 cm³/mol. The largest absolute Gasteiger partial charge is 0.475 e. The molecule has 38 heavy (non-hydrogen) atoms. The number of hydrogen-bond acceptors (Lipinski definition) is 7. The number of phosphoric acid groups is 1. The van der Waals surface area contributed by atoms with E-state index in [1.54, 1.807) is 0 Å². The second-order valence-corrected chi connectivity index (χ2v) is 12.1. The van der Waals surface area contributed by atoms with Gasteiger partial charge in [-0.2, -0.15) is 0 Å². The molecular formula is C29H58NO7P. The summed E-state index contributed by atoms with van der Waals surface area (Å²) in [6, 6.07) is 0. The number of unbranched alkanes of at least 4 members (excludes halogenated alkanes) is 19. The van der Waals surface area contributed by atoms with Crippen molar-refractivity contribution in [1.29, 1.82) is 0 Å². The van der Waals surface area contributed by atoms with E-state index >= 15 is 0 Å². The molecule has 0 bridgehead atoms. The lowest BCUT2D eigenvalue weighted by Gasteiger charge is -2.19. The van der Waals surface area contributed by atoms with Gasteiger partial charge in [0.15, 0.2) is 6.10 Å². The molecule has 0 unspecified atom stereocenters. The fourth-order valence-corrected chi connectivity index (χ4v) is 5.75. The first-order chi connectivity index (χ1) is 18.6. The number of amides is 1. The molecule has 0 spiro atoms. The Hall–Kier alpha value is -0.660. The van der Waals surface area contributed by atoms with Crippen LogP contribution in [0.25, 0.3) is 0 Å². The molecule has 1 saturated heterocycles. The van der Waals surface area contributed by atoms with Crippen molar-refractivity contribution >= 4 is 13.9 Å². The summed E-state index contributed by atoms with van der Waals surface area (Å²) in [6.45, 7) is 3.40. The average molecular weight is 564 g/mol. The first kappa shape index (κ1) is 35.4. The fourth-order valence-electron chi connectivity index (χ4n) is 4.58. The monoisotopic (exact) mass is 563 g/mol. The van der Waals surface area contributed by atoms with Crippen LogP contribution >= 0.6 is 7.82 Å². The summed E-state index contributed by atoms with van der Waals surface area (Å²) in [4.78, 5) is 11.5. The SMILES string of the molecule is CCCCCCCCCCCCCCCCCCCCCCOC[C@H](COP1(=O)OCCO1)OC(=O)NC. The van der Waals surface area contributed by atoms with Gasteiger partial charge in [-0.3, -0.25) is 13.6 Å². The molecular weight excluding hydrogens is 505 g/mol. The Morgan fingerprint density at radius 3 is 1.55 bits per heavy atom. The van der Waals surface area contributed by atoms with E-state index in [9.17, 15) is 9.36 Å². The van der Waals surface area contributed by atoms with E-state index in [0.717, 1.165) is 12.8 Å². The van der Waals surface area contributed by atoms with Crippen LogP contribution in [-0.4, -0.2) is 52.3 Å². The van der Waals surface area contributed by atoms with E-state index in [1.165, 1.54) is 123 Å². The summed E-state index contributed by atoms with van der Waals surface area (Å²) in [5.41, 5.74) is 0. The van der Waals surface area contributed by atoms with Gasteiger partial charge < -0.3 is 14.8 Å². The minimum Gasteiger partial charge on any atom is -0.441 e. The Morgan fingerprint density at radius 1 is 0.711 bits per heavy atom. The second kappa shape index (κ2) is 25.3. The van der Waals surface area contributed by atoms with Crippen molar-refractivity contribution < 1.29 is 32.4 Å². The molecule has 0 aromatic carbocycles. The van der Waals surface area contributed by atoms with Crippen molar-refractivity contribution in [2.24, 2.45) is 0 Å². The van der Waals surface area contributed by atoms with E-state index in [0.29, 0.717) is 6.61 Å². The summed E-state index contributed by atoms with van der Waals surface area (Å²) in [6.07, 6.45) is 25.8. The molecule has 1 aliphatic heterocycles. The van der Waals surface area contributed by atoms with Crippen molar-refractivity contribution in [1.82, 2.24) is 5.32 Å². The van der Waals surface area contributed by atoms with E-state index in [2.05, 4.69) is 12.2 Å². The lowest BCUT2D eigenvalue weighted by Crippen LogP contribution is -2.32. The molecule has 0 aliphatic carbocycles. The summed E-state index contributed by atoms with van der Waals surface area (Å²) in [5, 5.41) is 2.40. The first-order valence-corrected chi connectivity index (χ1v) is 17.1. The zero-order valence-corrected chi connectivity index (χ0v) is 25.5. The van der Waals surface area contributed by atoms with Crippen LogP contribution in [-0.2, 0) is 27.6 Å². The fraction of sp³-hybridized carbons (Fsp3) is 0.966. The number of carbonyl (C=O) groups is 1. The first-order valence-electron chi connectivity index (χ1n) is 15.6. The predicted octanol–water partition coefficient (Wildman–Crippen LogP) is 8.72. The van der Waals surface area contributed by atoms with Gasteiger partial charge in [-0.05, 0) is 6.42 Å². The number of phosphoric ester groups is 1. The molecule has 0 radical (unpaired) electrons. The lowest BCUT2D eigenvalue weighted by atomic mass is 10.0. The Labute approximate surface area is 233 Å². The third-order valence-corrected chi connectivity index (χ3v) is 8.39. The van der Waals surface area contributed by atoms with Gasteiger partial charge in [0.1, 0.15) is 0 Å². The van der Waals surface area contributed by atoms with Gasteiger partial charge in [-0.1, -0.05) is 129 Å². The zero-order chi connectivity index (χ0) is 27.6. The third kappa shape index (κ3) is 21.2. The van der Waals surface area contributed by atoms with Crippen LogP contribution < -0.4 is 5.32 Å². The van der Waals surface area contributed by atoms with Gasteiger partial charge in [-0.15, -0.1) is 0 Å². The molecule has 0 saturated carbocycles. The van der Waals surface area contributed by atoms with Crippen molar-refractivity contribution in [2.45, 2.75) is 141 Å². The van der Waals surface area contributed by atoms with Gasteiger partial charge >= 0.3 is 13.9 Å². The normalized spacial score (nSPS) is 15.5. The highest BCUT2D eigenvalue weighted by Crippen LogP contribution is 2.52. The molecule has 1 aliphatic rings. The standard InChI is InChI=1S/C29H58NO7P/c1-3-4-5-6-7-8-9-10-11-12-13-14-15-16-17-18-19-20-21-22-23-33-26-28(37-29(31)30-2)27-36-38(32)34-24-25-35-38/h28H,3-27H2,1-2H3,(H,30,31)/t28-/m1/s1. The van der Waals surface area contributed by atoms with Crippen LogP contribution in [0.15, 0.2) is 0 Å². The maximum Gasteiger partial charge on any atom is 0.475 e. The number of ether oxygens (including phenoxy) is 2. The van der Waals surface area contributed by atoms with E-state index in [4.69, 9.17) is 23.0 Å². The maximum absolute atomic E-state index is 12.1. The molecule has 8 nitrogen and oxygen atoms in total. The minimum atomic E-state index is -3.53. The maximum atomic E-state index is 12.1. The summed E-state index contributed by atoms with van der Waals surface area (Å²) in [5.74, 6) is 0. The van der Waals surface area contributed by atoms with Crippen LogP contribution in [0, 0.1) is 0 Å². The highest BCUT2D eigenvalue weighted by molar-refractivity contribution is 7.48. The highest BCUT2D eigenvalue weighted by atomic mass is 31.2. The molecule has 226 valence electrons. The van der Waals surface area contributed by atoms with E-state index in [-0.39, 0.29) is 26.4 Å². The topological polar surface area (TPSA) is 92.3 Å². The van der Waals surface area contributed by atoms with Gasteiger partial charge in [0, 0.05) is 13.7 Å². The van der Waals surface area contributed by atoms with Crippen LogP contribution in [0.2, 0.25) is 0 Å². The van der Waals surface area contributed by atoms with Crippen molar-refractivity contribution in [3.05, 3.63) is 0 Å². The molecule has 1 atom stereocenters. The van der Waals surface area contributed by atoms with Gasteiger partial charge in [0.2, 0.25) is 0 Å². The number of rotatable bonds is 27. The van der Waals surface area contributed by atoms with Gasteiger partial charge in [0.05, 0.1) is 26.4 Å². The number of alkyl carbamates (subject to hydrolysis) is 1.